The number of carbonyl (C=O) groups is 1. The molecule has 0 spiro atoms. The summed E-state index contributed by atoms with van der Waals surface area (Å²) in [6, 6.07) is 11.4. The summed E-state index contributed by atoms with van der Waals surface area (Å²) in [6.07, 6.45) is 1.50. The van der Waals surface area contributed by atoms with Crippen molar-refractivity contribution < 1.29 is 4.79 Å². The second-order valence-corrected chi connectivity index (χ2v) is 6.73. The summed E-state index contributed by atoms with van der Waals surface area (Å²) in [4.78, 5) is 22.8. The molecule has 0 atom stereocenters. The quantitative estimate of drug-likeness (QED) is 0.612. The van der Waals surface area contributed by atoms with Crippen molar-refractivity contribution in [1.82, 2.24) is 25.1 Å². The second kappa shape index (κ2) is 8.51. The third-order valence-corrected chi connectivity index (χ3v) is 4.22. The number of aromatic nitrogens is 4. The van der Waals surface area contributed by atoms with Gasteiger partial charge in [-0.05, 0) is 38.1 Å². The van der Waals surface area contributed by atoms with Crippen LogP contribution in [0.15, 0.2) is 42.7 Å². The minimum atomic E-state index is -0.100. The number of anilines is 2. The van der Waals surface area contributed by atoms with E-state index in [0.29, 0.717) is 30.3 Å². The van der Waals surface area contributed by atoms with Gasteiger partial charge in [0.25, 0.3) is 5.91 Å². The van der Waals surface area contributed by atoms with Crippen LogP contribution < -0.4 is 15.5 Å². The number of benzene rings is 1. The highest BCUT2D eigenvalue weighted by Gasteiger charge is 2.08. The van der Waals surface area contributed by atoms with Gasteiger partial charge in [0.15, 0.2) is 5.82 Å². The molecule has 1 aromatic carbocycles. The maximum atomic E-state index is 12.3. The Hall–Kier alpha value is -3.42. The first-order valence-electron chi connectivity index (χ1n) is 9.09. The summed E-state index contributed by atoms with van der Waals surface area (Å²) in [6.45, 7) is 4.95. The van der Waals surface area contributed by atoms with E-state index in [9.17, 15) is 4.79 Å². The van der Waals surface area contributed by atoms with Crippen molar-refractivity contribution in [3.8, 4) is 5.82 Å². The number of nitrogens with zero attached hydrogens (tertiary/aromatic N) is 5. The molecule has 0 bridgehead atoms. The smallest absolute Gasteiger partial charge is 0.251 e. The maximum absolute atomic E-state index is 12.3. The summed E-state index contributed by atoms with van der Waals surface area (Å²) in [5.41, 5.74) is 3.57. The van der Waals surface area contributed by atoms with Crippen LogP contribution in [0.5, 0.6) is 0 Å². The highest BCUT2D eigenvalue weighted by atomic mass is 16.1. The van der Waals surface area contributed by atoms with E-state index >= 15 is 0 Å². The predicted octanol–water partition coefficient (Wildman–Crippen LogP) is 2.19. The zero-order valence-electron chi connectivity index (χ0n) is 16.6. The van der Waals surface area contributed by atoms with E-state index in [1.54, 1.807) is 10.7 Å². The van der Waals surface area contributed by atoms with Crippen LogP contribution in [-0.4, -0.2) is 52.8 Å². The van der Waals surface area contributed by atoms with Crippen molar-refractivity contribution in [1.29, 1.82) is 0 Å². The minimum Gasteiger partial charge on any atom is -0.378 e. The van der Waals surface area contributed by atoms with Crippen LogP contribution in [0, 0.1) is 13.8 Å². The Morgan fingerprint density at radius 2 is 1.93 bits per heavy atom. The maximum Gasteiger partial charge on any atom is 0.251 e. The van der Waals surface area contributed by atoms with Crippen LogP contribution in [0.3, 0.4) is 0 Å². The second-order valence-electron chi connectivity index (χ2n) is 6.73. The van der Waals surface area contributed by atoms with E-state index in [0.717, 1.165) is 17.1 Å². The summed E-state index contributed by atoms with van der Waals surface area (Å²) < 4.78 is 1.78. The molecule has 2 aromatic heterocycles. The topological polar surface area (TPSA) is 88.0 Å². The average Bonchev–Trinajstić information content (AvgIpc) is 3.03. The van der Waals surface area contributed by atoms with Gasteiger partial charge in [-0.3, -0.25) is 4.79 Å². The van der Waals surface area contributed by atoms with Gasteiger partial charge in [-0.25, -0.2) is 14.6 Å². The Bertz CT molecular complexity index is 965. The molecule has 0 saturated heterocycles. The van der Waals surface area contributed by atoms with Crippen molar-refractivity contribution >= 4 is 17.4 Å². The van der Waals surface area contributed by atoms with Gasteiger partial charge in [-0.2, -0.15) is 5.10 Å². The molecule has 1 amide bonds. The fourth-order valence-electron chi connectivity index (χ4n) is 2.81. The predicted molar refractivity (Wildman–Crippen MR) is 110 cm³/mol. The molecule has 0 aliphatic rings. The Morgan fingerprint density at radius 1 is 1.11 bits per heavy atom. The van der Waals surface area contributed by atoms with Crippen molar-refractivity contribution in [2.45, 2.75) is 13.8 Å². The number of hydrogen-bond donors (Lipinski definition) is 2. The van der Waals surface area contributed by atoms with Crippen molar-refractivity contribution in [3.05, 3.63) is 59.7 Å². The van der Waals surface area contributed by atoms with E-state index in [2.05, 4.69) is 25.7 Å². The molecule has 3 aromatic rings. The van der Waals surface area contributed by atoms with Gasteiger partial charge in [-0.15, -0.1) is 0 Å². The first kappa shape index (κ1) is 19.3. The molecule has 0 fully saturated rings. The molecule has 0 aliphatic heterocycles. The Morgan fingerprint density at radius 3 is 2.64 bits per heavy atom. The Kier molecular flexibility index (Phi) is 5.88. The summed E-state index contributed by atoms with van der Waals surface area (Å²) >= 11 is 0. The van der Waals surface area contributed by atoms with Crippen molar-refractivity contribution in [3.63, 3.8) is 0 Å². The van der Waals surface area contributed by atoms with Crippen LogP contribution >= 0.6 is 0 Å². The van der Waals surface area contributed by atoms with Gasteiger partial charge in [0.2, 0.25) is 0 Å². The lowest BCUT2D eigenvalue weighted by Gasteiger charge is -2.13. The molecule has 0 saturated carbocycles. The van der Waals surface area contributed by atoms with Gasteiger partial charge < -0.3 is 15.5 Å². The number of nitrogens with one attached hydrogen (secondary N) is 2. The van der Waals surface area contributed by atoms with E-state index in [-0.39, 0.29) is 5.91 Å². The zero-order valence-corrected chi connectivity index (χ0v) is 16.6. The first-order valence-corrected chi connectivity index (χ1v) is 9.09. The molecule has 28 heavy (non-hydrogen) atoms. The van der Waals surface area contributed by atoms with E-state index in [1.807, 2.05) is 63.2 Å². The zero-order chi connectivity index (χ0) is 20.1. The molecule has 0 radical (unpaired) electrons. The monoisotopic (exact) mass is 379 g/mol. The van der Waals surface area contributed by atoms with E-state index in [4.69, 9.17) is 0 Å². The van der Waals surface area contributed by atoms with Crippen LogP contribution in [0.25, 0.3) is 5.82 Å². The number of aryl methyl sites for hydroxylation is 2. The lowest BCUT2D eigenvalue weighted by molar-refractivity contribution is 0.0955. The van der Waals surface area contributed by atoms with Crippen LogP contribution in [0.1, 0.15) is 21.7 Å². The lowest BCUT2D eigenvalue weighted by Crippen LogP contribution is -2.29. The van der Waals surface area contributed by atoms with Crippen LogP contribution in [0.4, 0.5) is 11.5 Å². The van der Waals surface area contributed by atoms with Crippen LogP contribution in [0.2, 0.25) is 0 Å². The number of hydrogen-bond acceptors (Lipinski definition) is 6. The molecule has 2 N–H and O–H groups in total. The molecular formula is C20H25N7O. The summed E-state index contributed by atoms with van der Waals surface area (Å²) in [7, 11) is 3.89. The SMILES string of the molecule is Cc1cc(C)n(-c2cc(NCCNC(=O)c3cccc(N(C)C)c3)ncn2)n1. The number of amides is 1. The van der Waals surface area contributed by atoms with E-state index < -0.39 is 0 Å². The molecule has 8 nitrogen and oxygen atoms in total. The van der Waals surface area contributed by atoms with E-state index in [1.165, 1.54) is 6.33 Å². The molecule has 3 rings (SSSR count). The molecule has 146 valence electrons. The molecule has 2 heterocycles. The van der Waals surface area contributed by atoms with Crippen LogP contribution in [-0.2, 0) is 0 Å². The highest BCUT2D eigenvalue weighted by Crippen LogP contribution is 2.14. The number of rotatable bonds is 7. The fourth-order valence-corrected chi connectivity index (χ4v) is 2.81. The van der Waals surface area contributed by atoms with Gasteiger partial charge in [-0.1, -0.05) is 6.07 Å². The standard InChI is InChI=1S/C20H25N7O/c1-14-10-15(2)27(25-14)19-12-18(23-13-24-19)21-8-9-22-20(28)16-6-5-7-17(11-16)26(3)4/h5-7,10-13H,8-9H2,1-4H3,(H,22,28)(H,21,23,24). The lowest BCUT2D eigenvalue weighted by atomic mass is 10.2. The first-order chi connectivity index (χ1) is 13.4. The minimum absolute atomic E-state index is 0.100. The van der Waals surface area contributed by atoms with Crippen molar-refractivity contribution in [2.24, 2.45) is 0 Å². The largest absolute Gasteiger partial charge is 0.378 e. The summed E-state index contributed by atoms with van der Waals surface area (Å²) in [5, 5.41) is 10.5. The van der Waals surface area contributed by atoms with Gasteiger partial charge in [0, 0.05) is 50.2 Å². The van der Waals surface area contributed by atoms with Gasteiger partial charge in [0.1, 0.15) is 12.1 Å². The molecule has 0 aliphatic carbocycles. The normalized spacial score (nSPS) is 10.6. The molecule has 8 heteroatoms. The fraction of sp³-hybridized carbons (Fsp3) is 0.300. The van der Waals surface area contributed by atoms with Gasteiger partial charge >= 0.3 is 0 Å². The highest BCUT2D eigenvalue weighted by molar-refractivity contribution is 5.95. The number of carbonyl (C=O) groups excluding carboxylic acids is 1. The Balaban J connectivity index is 1.54. The average molecular weight is 379 g/mol. The molecule has 0 unspecified atom stereocenters. The third-order valence-electron chi connectivity index (χ3n) is 4.22. The third kappa shape index (κ3) is 4.64. The van der Waals surface area contributed by atoms with Crippen molar-refractivity contribution in [2.75, 3.05) is 37.4 Å². The summed E-state index contributed by atoms with van der Waals surface area (Å²) in [5.74, 6) is 1.28. The Labute approximate surface area is 164 Å². The molecular weight excluding hydrogens is 354 g/mol. The van der Waals surface area contributed by atoms with Gasteiger partial charge in [0.05, 0.1) is 5.69 Å².